The largest absolute Gasteiger partial charge is 0.465 e. The van der Waals surface area contributed by atoms with Crippen LogP contribution in [-0.2, 0) is 11.3 Å². The van der Waals surface area contributed by atoms with Crippen molar-refractivity contribution in [1.29, 1.82) is 0 Å². The summed E-state index contributed by atoms with van der Waals surface area (Å²) < 4.78 is 4.51. The summed E-state index contributed by atoms with van der Waals surface area (Å²) in [6.07, 6.45) is 0. The Hall–Kier alpha value is -1.14. The molecule has 1 heterocycles. The Labute approximate surface area is 73.3 Å². The summed E-state index contributed by atoms with van der Waals surface area (Å²) in [6.45, 7) is 0.193. The van der Waals surface area contributed by atoms with Gasteiger partial charge in [-0.1, -0.05) is 11.3 Å². The Morgan fingerprint density at radius 1 is 1.75 bits per heavy atom. The van der Waals surface area contributed by atoms with Gasteiger partial charge in [0.2, 0.25) is 0 Å². The molecule has 66 valence electrons. The van der Waals surface area contributed by atoms with Crippen LogP contribution in [0.1, 0.15) is 15.4 Å². The van der Waals surface area contributed by atoms with Crippen molar-refractivity contribution in [3.8, 4) is 0 Å². The van der Waals surface area contributed by atoms with Crippen LogP contribution in [0.25, 0.3) is 0 Å². The lowest BCUT2D eigenvalue weighted by Crippen LogP contribution is -2.06. The average Bonchev–Trinajstić information content (AvgIpc) is 2.45. The first-order chi connectivity index (χ1) is 5.69. The number of nitrogen functional groups attached to an aromatic ring is 1. The highest BCUT2D eigenvalue weighted by Gasteiger charge is 2.15. The molecule has 0 spiro atoms. The minimum atomic E-state index is -0.440. The van der Waals surface area contributed by atoms with E-state index >= 15 is 0 Å². The van der Waals surface area contributed by atoms with E-state index in [1.54, 1.807) is 0 Å². The second kappa shape index (κ2) is 3.51. The Bertz CT molecular complexity index is 297. The van der Waals surface area contributed by atoms with E-state index in [1.165, 1.54) is 7.11 Å². The molecular formula is C6H9N3O2S. The third-order valence-corrected chi connectivity index (χ3v) is 2.18. The monoisotopic (exact) mass is 187 g/mol. The van der Waals surface area contributed by atoms with E-state index in [9.17, 15) is 4.79 Å². The molecule has 0 saturated heterocycles. The standard InChI is InChI=1S/C6H9N3O2S/c1-11-5(10)4-3(2-7)9-6(8)12-4/h2,7H2,1H3,(H2,8,9). The maximum Gasteiger partial charge on any atom is 0.350 e. The van der Waals surface area contributed by atoms with Crippen molar-refractivity contribution in [3.63, 3.8) is 0 Å². The van der Waals surface area contributed by atoms with Gasteiger partial charge in [0.25, 0.3) is 0 Å². The maximum atomic E-state index is 11.0. The van der Waals surface area contributed by atoms with Crippen LogP contribution in [0.4, 0.5) is 5.13 Å². The third kappa shape index (κ3) is 1.54. The van der Waals surface area contributed by atoms with Crippen LogP contribution in [0.5, 0.6) is 0 Å². The number of hydrogen-bond acceptors (Lipinski definition) is 6. The predicted octanol–water partition coefficient (Wildman–Crippen LogP) is -0.0294. The Morgan fingerprint density at radius 3 is 2.92 bits per heavy atom. The number of methoxy groups -OCH3 is 1. The molecule has 1 rings (SSSR count). The van der Waals surface area contributed by atoms with E-state index in [2.05, 4.69) is 9.72 Å². The van der Waals surface area contributed by atoms with Gasteiger partial charge in [0.15, 0.2) is 5.13 Å². The van der Waals surface area contributed by atoms with E-state index in [1.807, 2.05) is 0 Å². The molecule has 0 amide bonds. The number of carbonyl (C=O) groups excluding carboxylic acids is 1. The van der Waals surface area contributed by atoms with Crippen molar-refractivity contribution >= 4 is 22.4 Å². The Morgan fingerprint density at radius 2 is 2.42 bits per heavy atom. The normalized spacial score (nSPS) is 9.83. The highest BCUT2D eigenvalue weighted by atomic mass is 32.1. The molecule has 0 unspecified atom stereocenters. The number of esters is 1. The number of hydrogen-bond donors (Lipinski definition) is 2. The van der Waals surface area contributed by atoms with Crippen molar-refractivity contribution in [1.82, 2.24) is 4.98 Å². The topological polar surface area (TPSA) is 91.2 Å². The van der Waals surface area contributed by atoms with Gasteiger partial charge in [0.1, 0.15) is 4.88 Å². The van der Waals surface area contributed by atoms with Gasteiger partial charge in [0, 0.05) is 6.54 Å². The first-order valence-corrected chi connectivity index (χ1v) is 4.04. The van der Waals surface area contributed by atoms with Gasteiger partial charge in [-0.2, -0.15) is 0 Å². The fourth-order valence-corrected chi connectivity index (χ4v) is 1.54. The smallest absolute Gasteiger partial charge is 0.350 e. The van der Waals surface area contributed by atoms with Gasteiger partial charge >= 0.3 is 5.97 Å². The summed E-state index contributed by atoms with van der Waals surface area (Å²) in [6, 6.07) is 0. The van der Waals surface area contributed by atoms with Crippen molar-refractivity contribution in [2.45, 2.75) is 6.54 Å². The Kier molecular flexibility index (Phi) is 2.61. The summed E-state index contributed by atoms with van der Waals surface area (Å²) in [5, 5.41) is 0.329. The van der Waals surface area contributed by atoms with Gasteiger partial charge in [-0.05, 0) is 0 Å². The minimum absolute atomic E-state index is 0.193. The van der Waals surface area contributed by atoms with Crippen LogP contribution in [0.15, 0.2) is 0 Å². The summed E-state index contributed by atoms with van der Waals surface area (Å²) in [5.41, 5.74) is 11.2. The van der Waals surface area contributed by atoms with Crippen molar-refractivity contribution < 1.29 is 9.53 Å². The number of ether oxygens (including phenoxy) is 1. The summed E-state index contributed by atoms with van der Waals surface area (Å²) in [4.78, 5) is 15.3. The molecule has 1 aromatic heterocycles. The van der Waals surface area contributed by atoms with Crippen LogP contribution in [-0.4, -0.2) is 18.1 Å². The van der Waals surface area contributed by atoms with E-state index in [0.29, 0.717) is 15.7 Å². The zero-order valence-corrected chi connectivity index (χ0v) is 7.35. The molecule has 4 N–H and O–H groups in total. The van der Waals surface area contributed by atoms with Gasteiger partial charge in [-0.15, -0.1) is 0 Å². The molecule has 0 aliphatic heterocycles. The molecule has 0 radical (unpaired) electrons. The van der Waals surface area contributed by atoms with E-state index in [-0.39, 0.29) is 6.54 Å². The SMILES string of the molecule is COC(=O)c1sc(N)nc1CN. The van der Waals surface area contributed by atoms with Crippen LogP contribution in [0.3, 0.4) is 0 Å². The lowest BCUT2D eigenvalue weighted by molar-refractivity contribution is 0.0605. The maximum absolute atomic E-state index is 11.0. The lowest BCUT2D eigenvalue weighted by atomic mass is 10.4. The highest BCUT2D eigenvalue weighted by molar-refractivity contribution is 7.17. The molecular weight excluding hydrogens is 178 g/mol. The molecule has 0 bridgehead atoms. The molecule has 1 aromatic rings. The number of anilines is 1. The van der Waals surface area contributed by atoms with E-state index in [4.69, 9.17) is 11.5 Å². The zero-order chi connectivity index (χ0) is 9.14. The van der Waals surface area contributed by atoms with Gasteiger partial charge in [-0.3, -0.25) is 0 Å². The van der Waals surface area contributed by atoms with Crippen molar-refractivity contribution in [2.24, 2.45) is 5.73 Å². The number of aromatic nitrogens is 1. The number of nitrogens with zero attached hydrogens (tertiary/aromatic N) is 1. The molecule has 5 nitrogen and oxygen atoms in total. The molecule has 0 aliphatic carbocycles. The number of rotatable bonds is 2. The molecule has 12 heavy (non-hydrogen) atoms. The number of thiazole rings is 1. The van der Waals surface area contributed by atoms with E-state index in [0.717, 1.165) is 11.3 Å². The summed E-state index contributed by atoms with van der Waals surface area (Å²) in [7, 11) is 1.30. The van der Waals surface area contributed by atoms with Crippen molar-refractivity contribution in [3.05, 3.63) is 10.6 Å². The van der Waals surface area contributed by atoms with Gasteiger partial charge in [0.05, 0.1) is 12.8 Å². The van der Waals surface area contributed by atoms with Crippen molar-refractivity contribution in [2.75, 3.05) is 12.8 Å². The molecule has 0 aromatic carbocycles. The second-order valence-corrected chi connectivity index (χ2v) is 3.05. The summed E-state index contributed by atoms with van der Waals surface area (Å²) in [5.74, 6) is -0.440. The number of nitrogens with two attached hydrogens (primary N) is 2. The third-order valence-electron chi connectivity index (χ3n) is 1.28. The molecule has 6 heteroatoms. The average molecular weight is 187 g/mol. The fourth-order valence-electron chi connectivity index (χ4n) is 0.761. The highest BCUT2D eigenvalue weighted by Crippen LogP contribution is 2.20. The van der Waals surface area contributed by atoms with Crippen LogP contribution >= 0.6 is 11.3 Å². The first kappa shape index (κ1) is 8.95. The van der Waals surface area contributed by atoms with Crippen LogP contribution in [0.2, 0.25) is 0 Å². The van der Waals surface area contributed by atoms with Crippen LogP contribution in [0, 0.1) is 0 Å². The second-order valence-electron chi connectivity index (χ2n) is 2.02. The fraction of sp³-hybridized carbons (Fsp3) is 0.333. The minimum Gasteiger partial charge on any atom is -0.465 e. The molecule has 0 fully saturated rings. The molecule has 0 atom stereocenters. The van der Waals surface area contributed by atoms with Gasteiger partial charge < -0.3 is 16.2 Å². The van der Waals surface area contributed by atoms with Gasteiger partial charge in [-0.25, -0.2) is 9.78 Å². The number of carbonyl (C=O) groups is 1. The van der Waals surface area contributed by atoms with Crippen LogP contribution < -0.4 is 11.5 Å². The predicted molar refractivity (Wildman–Crippen MR) is 45.8 cm³/mol. The Balaban J connectivity index is 3.04. The first-order valence-electron chi connectivity index (χ1n) is 3.22. The molecule has 0 aliphatic rings. The lowest BCUT2D eigenvalue weighted by Gasteiger charge is -1.95. The van der Waals surface area contributed by atoms with E-state index < -0.39 is 5.97 Å². The quantitative estimate of drug-likeness (QED) is 0.634. The molecule has 0 saturated carbocycles. The summed E-state index contributed by atoms with van der Waals surface area (Å²) >= 11 is 1.08. The zero-order valence-electron chi connectivity index (χ0n) is 6.53.